The fourth-order valence-electron chi connectivity index (χ4n) is 4.58. The maximum Gasteiger partial charge on any atom is 0.135 e. The number of aryl methyl sites for hydroxylation is 3. The van der Waals surface area contributed by atoms with Gasteiger partial charge in [0.1, 0.15) is 4.67 Å². The Hall–Kier alpha value is -2.69. The predicted molar refractivity (Wildman–Crippen MR) is 139 cm³/mol. The quantitative estimate of drug-likeness (QED) is 0.286. The van der Waals surface area contributed by atoms with Gasteiger partial charge >= 0.3 is 0 Å². The van der Waals surface area contributed by atoms with E-state index < -0.39 is 0 Å². The van der Waals surface area contributed by atoms with Crippen molar-refractivity contribution in [2.75, 3.05) is 4.90 Å². The number of anilines is 1. The van der Waals surface area contributed by atoms with Gasteiger partial charge in [0.25, 0.3) is 0 Å². The highest BCUT2D eigenvalue weighted by Crippen LogP contribution is 2.50. The maximum absolute atomic E-state index is 5.17. The minimum Gasteiger partial charge on any atom is -0.357 e. The molecule has 0 N–H and O–H groups in total. The molecule has 0 atom stereocenters. The van der Waals surface area contributed by atoms with Crippen LogP contribution >= 0.6 is 20.7 Å². The van der Waals surface area contributed by atoms with Crippen molar-refractivity contribution in [2.45, 2.75) is 46.7 Å². The Morgan fingerprint density at radius 2 is 1.56 bits per heavy atom. The van der Waals surface area contributed by atoms with Crippen molar-refractivity contribution in [1.29, 1.82) is 0 Å². The monoisotopic (exact) mass is 456 g/mol. The molecule has 0 saturated carbocycles. The first-order chi connectivity index (χ1) is 15.3. The fourth-order valence-corrected chi connectivity index (χ4v) is 7.55. The molecule has 2 nitrogen and oxygen atoms in total. The molecule has 4 aromatic rings. The molecule has 1 aliphatic rings. The number of fused-ring (bicyclic) bond motifs is 3. The van der Waals surface area contributed by atoms with Crippen molar-refractivity contribution >= 4 is 32.1 Å². The summed E-state index contributed by atoms with van der Waals surface area (Å²) in [5, 5.41) is 0. The van der Waals surface area contributed by atoms with E-state index in [1.165, 1.54) is 43.9 Å². The van der Waals surface area contributed by atoms with E-state index in [-0.39, 0.29) is 5.54 Å². The summed E-state index contributed by atoms with van der Waals surface area (Å²) in [6.45, 7) is 12.0. The molecule has 3 aromatic carbocycles. The van der Waals surface area contributed by atoms with Gasteiger partial charge < -0.3 is 4.90 Å². The highest BCUT2D eigenvalue weighted by molar-refractivity contribution is 7.68. The number of nitrogens with zero attached hydrogens (tertiary/aromatic N) is 2. The van der Waals surface area contributed by atoms with Gasteiger partial charge in [0.05, 0.1) is 16.1 Å². The van der Waals surface area contributed by atoms with E-state index in [9.17, 15) is 0 Å². The summed E-state index contributed by atoms with van der Waals surface area (Å²) in [5.74, 6) is 0. The first kappa shape index (κ1) is 21.2. The Morgan fingerprint density at radius 3 is 2.31 bits per heavy atom. The van der Waals surface area contributed by atoms with Crippen LogP contribution in [0.2, 0.25) is 0 Å². The SMILES string of the molecule is Cc1ccc(N=c2ssc3c2-c2cc(C)ccc2N(Cc2ccccc2)C3(C)C)c(C)c1. The standard InChI is InChI=1S/C28H28N2S2/c1-18-11-13-23(20(3)15-18)29-27-25-22-16-19(2)12-14-24(22)30(17-21-9-7-6-8-10-21)28(4,5)26(25)31-32-27/h6-16H,17H2,1-5H3. The molecule has 162 valence electrons. The lowest BCUT2D eigenvalue weighted by Crippen LogP contribution is -2.43. The summed E-state index contributed by atoms with van der Waals surface area (Å²) < 4.78 is 1.12. The largest absolute Gasteiger partial charge is 0.357 e. The Balaban J connectivity index is 1.72. The average molecular weight is 457 g/mol. The second-order valence-corrected chi connectivity index (χ2v) is 11.4. The van der Waals surface area contributed by atoms with Gasteiger partial charge in [-0.25, -0.2) is 4.99 Å². The lowest BCUT2D eigenvalue weighted by molar-refractivity contribution is 0.483. The van der Waals surface area contributed by atoms with Crippen LogP contribution in [0.15, 0.2) is 71.7 Å². The van der Waals surface area contributed by atoms with Crippen molar-refractivity contribution in [3.63, 3.8) is 0 Å². The van der Waals surface area contributed by atoms with Gasteiger partial charge in [0.15, 0.2) is 0 Å². The molecular formula is C28H28N2S2. The Bertz CT molecular complexity index is 1360. The van der Waals surface area contributed by atoms with E-state index in [2.05, 4.69) is 106 Å². The third kappa shape index (κ3) is 3.62. The third-order valence-corrected chi connectivity index (χ3v) is 8.98. The van der Waals surface area contributed by atoms with E-state index in [0.29, 0.717) is 0 Å². The van der Waals surface area contributed by atoms with Gasteiger partial charge in [-0.3, -0.25) is 0 Å². The molecule has 0 saturated heterocycles. The van der Waals surface area contributed by atoms with E-state index in [1.807, 2.05) is 10.3 Å². The van der Waals surface area contributed by atoms with Gasteiger partial charge in [-0.2, -0.15) is 0 Å². The van der Waals surface area contributed by atoms with E-state index in [4.69, 9.17) is 4.99 Å². The van der Waals surface area contributed by atoms with Gasteiger partial charge in [0, 0.05) is 23.4 Å². The normalized spacial score (nSPS) is 14.9. The van der Waals surface area contributed by atoms with Crippen molar-refractivity contribution in [3.8, 4) is 11.1 Å². The molecule has 0 spiro atoms. The van der Waals surface area contributed by atoms with Crippen molar-refractivity contribution in [3.05, 3.63) is 98.5 Å². The van der Waals surface area contributed by atoms with E-state index in [0.717, 1.165) is 16.9 Å². The molecule has 2 heterocycles. The number of rotatable bonds is 3. The topological polar surface area (TPSA) is 15.6 Å². The van der Waals surface area contributed by atoms with Crippen molar-refractivity contribution in [1.82, 2.24) is 0 Å². The lowest BCUT2D eigenvalue weighted by Gasteiger charge is -2.44. The van der Waals surface area contributed by atoms with Gasteiger partial charge in [-0.05, 0) is 63.9 Å². The highest BCUT2D eigenvalue weighted by Gasteiger charge is 2.39. The van der Waals surface area contributed by atoms with Crippen LogP contribution in [0.25, 0.3) is 11.1 Å². The highest BCUT2D eigenvalue weighted by atomic mass is 32.9. The molecule has 0 bridgehead atoms. The van der Waals surface area contributed by atoms with E-state index >= 15 is 0 Å². The number of hydrogen-bond acceptors (Lipinski definition) is 4. The second-order valence-electron chi connectivity index (χ2n) is 9.23. The van der Waals surface area contributed by atoms with Crippen molar-refractivity contribution in [2.24, 2.45) is 4.99 Å². The summed E-state index contributed by atoms with van der Waals surface area (Å²) in [6, 6.07) is 24.2. The number of benzene rings is 3. The Kier molecular flexibility index (Phi) is 5.31. The minimum atomic E-state index is -0.120. The summed E-state index contributed by atoms with van der Waals surface area (Å²) in [4.78, 5) is 9.13. The Morgan fingerprint density at radius 1 is 0.844 bits per heavy atom. The van der Waals surface area contributed by atoms with Crippen LogP contribution in [0.3, 0.4) is 0 Å². The van der Waals surface area contributed by atoms with Crippen LogP contribution in [0.5, 0.6) is 0 Å². The number of hydrogen-bond donors (Lipinski definition) is 0. The lowest BCUT2D eigenvalue weighted by atomic mass is 9.86. The molecule has 5 rings (SSSR count). The van der Waals surface area contributed by atoms with Crippen molar-refractivity contribution < 1.29 is 0 Å². The first-order valence-corrected chi connectivity index (χ1v) is 13.2. The van der Waals surface area contributed by atoms with Crippen LogP contribution in [-0.4, -0.2) is 0 Å². The van der Waals surface area contributed by atoms with Crippen LogP contribution in [0.1, 0.15) is 41.0 Å². The van der Waals surface area contributed by atoms with E-state index in [1.54, 1.807) is 10.3 Å². The first-order valence-electron chi connectivity index (χ1n) is 11.0. The molecule has 0 aliphatic carbocycles. The van der Waals surface area contributed by atoms with Gasteiger partial charge in [-0.1, -0.05) is 80.3 Å². The zero-order valence-corrected chi connectivity index (χ0v) is 20.9. The predicted octanol–water partition coefficient (Wildman–Crippen LogP) is 7.89. The minimum absolute atomic E-state index is 0.120. The van der Waals surface area contributed by atoms with Gasteiger partial charge in [-0.15, -0.1) is 0 Å². The third-order valence-electron chi connectivity index (χ3n) is 6.35. The van der Waals surface area contributed by atoms with Crippen LogP contribution < -0.4 is 9.57 Å². The molecule has 1 aliphatic heterocycles. The molecule has 4 heteroatoms. The smallest absolute Gasteiger partial charge is 0.135 e. The molecule has 32 heavy (non-hydrogen) atoms. The molecule has 0 fully saturated rings. The molecule has 0 radical (unpaired) electrons. The molecule has 0 unspecified atom stereocenters. The molecular weight excluding hydrogens is 428 g/mol. The zero-order valence-electron chi connectivity index (χ0n) is 19.3. The molecule has 0 amide bonds. The van der Waals surface area contributed by atoms with Crippen LogP contribution in [0.4, 0.5) is 11.4 Å². The van der Waals surface area contributed by atoms with Crippen LogP contribution in [-0.2, 0) is 12.1 Å². The zero-order chi connectivity index (χ0) is 22.5. The summed E-state index contributed by atoms with van der Waals surface area (Å²) in [6.07, 6.45) is 0. The maximum atomic E-state index is 5.17. The fraction of sp³-hybridized carbons (Fsp3) is 0.250. The summed E-state index contributed by atoms with van der Waals surface area (Å²) in [5.41, 5.74) is 9.96. The summed E-state index contributed by atoms with van der Waals surface area (Å²) in [7, 11) is 3.68. The Labute approximate surface area is 197 Å². The molecule has 1 aromatic heterocycles. The second kappa shape index (κ2) is 8.02. The van der Waals surface area contributed by atoms with Crippen LogP contribution in [0, 0.1) is 20.8 Å². The van der Waals surface area contributed by atoms with Gasteiger partial charge in [0.2, 0.25) is 0 Å². The summed E-state index contributed by atoms with van der Waals surface area (Å²) >= 11 is 0. The average Bonchev–Trinajstić information content (AvgIpc) is 3.19.